The first-order valence-corrected chi connectivity index (χ1v) is 7.55. The number of anilines is 2. The van der Waals surface area contributed by atoms with Gasteiger partial charge >= 0.3 is 0 Å². The van der Waals surface area contributed by atoms with Crippen molar-refractivity contribution in [3.05, 3.63) is 23.8 Å². The van der Waals surface area contributed by atoms with Crippen LogP contribution in [0.5, 0.6) is 0 Å². The van der Waals surface area contributed by atoms with Crippen molar-refractivity contribution >= 4 is 17.3 Å². The summed E-state index contributed by atoms with van der Waals surface area (Å²) in [5, 5.41) is 2.94. The average Bonchev–Trinajstić information content (AvgIpc) is 2.66. The van der Waals surface area contributed by atoms with E-state index in [-0.39, 0.29) is 12.0 Å². The van der Waals surface area contributed by atoms with Crippen LogP contribution >= 0.6 is 0 Å². The van der Waals surface area contributed by atoms with Crippen molar-refractivity contribution in [1.29, 1.82) is 0 Å². The molecule has 0 spiro atoms. The van der Waals surface area contributed by atoms with Gasteiger partial charge in [-0.3, -0.25) is 4.79 Å². The molecule has 1 aliphatic heterocycles. The molecule has 2 rings (SSSR count). The van der Waals surface area contributed by atoms with Crippen molar-refractivity contribution in [1.82, 2.24) is 4.90 Å². The van der Waals surface area contributed by atoms with Crippen LogP contribution < -0.4 is 11.1 Å². The van der Waals surface area contributed by atoms with Gasteiger partial charge in [0.1, 0.15) is 0 Å². The summed E-state index contributed by atoms with van der Waals surface area (Å²) in [6.45, 7) is 7.46. The minimum atomic E-state index is 0.0292. The molecule has 0 radical (unpaired) electrons. The van der Waals surface area contributed by atoms with Gasteiger partial charge in [-0.05, 0) is 38.0 Å². The van der Waals surface area contributed by atoms with E-state index in [2.05, 4.69) is 17.1 Å². The topological polar surface area (TPSA) is 67.6 Å². The second-order valence-corrected chi connectivity index (χ2v) is 5.65. The molecule has 1 unspecified atom stereocenters. The Balaban J connectivity index is 1.83. The normalized spacial score (nSPS) is 20.0. The van der Waals surface area contributed by atoms with Gasteiger partial charge in [-0.15, -0.1) is 0 Å². The molecule has 5 heteroatoms. The number of ether oxygens (including phenoxy) is 1. The molecule has 1 atom stereocenters. The van der Waals surface area contributed by atoms with Crippen LogP contribution in [0.3, 0.4) is 0 Å². The molecule has 0 saturated carbocycles. The number of nitrogen functional groups attached to an aromatic ring is 1. The van der Waals surface area contributed by atoms with Gasteiger partial charge < -0.3 is 20.7 Å². The SMILES string of the molecule is Cc1c(N)cccc1NC(=O)CCN1CCCOC(C)C1. The molecule has 21 heavy (non-hydrogen) atoms. The first-order valence-electron chi connectivity index (χ1n) is 7.55. The predicted octanol–water partition coefficient (Wildman–Crippen LogP) is 2.02. The Bertz CT molecular complexity index is 490. The lowest BCUT2D eigenvalue weighted by atomic mass is 10.1. The summed E-state index contributed by atoms with van der Waals surface area (Å²) >= 11 is 0. The second kappa shape index (κ2) is 7.43. The van der Waals surface area contributed by atoms with E-state index in [0.29, 0.717) is 12.1 Å². The highest BCUT2D eigenvalue weighted by atomic mass is 16.5. The minimum absolute atomic E-state index is 0.0292. The first kappa shape index (κ1) is 15.8. The number of benzene rings is 1. The van der Waals surface area contributed by atoms with Crippen molar-refractivity contribution in [2.45, 2.75) is 32.8 Å². The molecule has 0 bridgehead atoms. The highest BCUT2D eigenvalue weighted by Gasteiger charge is 2.16. The third-order valence-electron chi connectivity index (χ3n) is 3.84. The molecule has 1 saturated heterocycles. The Kier molecular flexibility index (Phi) is 5.59. The molecule has 1 fully saturated rings. The van der Waals surface area contributed by atoms with Crippen LogP contribution in [0.4, 0.5) is 11.4 Å². The van der Waals surface area contributed by atoms with E-state index in [1.165, 1.54) is 0 Å². The summed E-state index contributed by atoms with van der Waals surface area (Å²) < 4.78 is 5.61. The zero-order valence-corrected chi connectivity index (χ0v) is 12.9. The van der Waals surface area contributed by atoms with E-state index in [1.807, 2.05) is 25.1 Å². The summed E-state index contributed by atoms with van der Waals surface area (Å²) in [6, 6.07) is 5.57. The number of nitrogens with zero attached hydrogens (tertiary/aromatic N) is 1. The van der Waals surface area contributed by atoms with E-state index < -0.39 is 0 Å². The van der Waals surface area contributed by atoms with Crippen LogP contribution in [0.2, 0.25) is 0 Å². The van der Waals surface area contributed by atoms with Gasteiger partial charge in [0.05, 0.1) is 6.10 Å². The van der Waals surface area contributed by atoms with Gasteiger partial charge in [-0.25, -0.2) is 0 Å². The van der Waals surface area contributed by atoms with Gasteiger partial charge in [0.15, 0.2) is 0 Å². The lowest BCUT2D eigenvalue weighted by Gasteiger charge is -2.21. The number of hydrogen-bond donors (Lipinski definition) is 2. The van der Waals surface area contributed by atoms with Crippen LogP contribution in [0, 0.1) is 6.92 Å². The molecular weight excluding hydrogens is 266 g/mol. The maximum atomic E-state index is 12.1. The second-order valence-electron chi connectivity index (χ2n) is 5.65. The first-order chi connectivity index (χ1) is 10.1. The van der Waals surface area contributed by atoms with Crippen LogP contribution in [-0.2, 0) is 9.53 Å². The summed E-state index contributed by atoms with van der Waals surface area (Å²) in [7, 11) is 0. The molecule has 5 nitrogen and oxygen atoms in total. The Morgan fingerprint density at radius 1 is 1.52 bits per heavy atom. The van der Waals surface area contributed by atoms with Gasteiger partial charge in [0.2, 0.25) is 5.91 Å². The molecule has 1 heterocycles. The quantitative estimate of drug-likeness (QED) is 0.833. The highest BCUT2D eigenvalue weighted by Crippen LogP contribution is 2.20. The van der Waals surface area contributed by atoms with E-state index >= 15 is 0 Å². The fraction of sp³-hybridized carbons (Fsp3) is 0.562. The van der Waals surface area contributed by atoms with E-state index in [0.717, 1.165) is 43.9 Å². The summed E-state index contributed by atoms with van der Waals surface area (Å²) in [6.07, 6.45) is 1.76. The highest BCUT2D eigenvalue weighted by molar-refractivity contribution is 5.92. The van der Waals surface area contributed by atoms with Gasteiger partial charge in [0, 0.05) is 44.0 Å². The molecule has 0 aromatic heterocycles. The molecule has 3 N–H and O–H groups in total. The Hall–Kier alpha value is -1.59. The standard InChI is InChI=1S/C16H25N3O2/c1-12-11-19(8-4-10-21-12)9-7-16(20)18-15-6-3-5-14(17)13(15)2/h3,5-6,12H,4,7-11,17H2,1-2H3,(H,18,20). The fourth-order valence-corrected chi connectivity index (χ4v) is 2.54. The van der Waals surface area contributed by atoms with Gasteiger partial charge in [-0.1, -0.05) is 6.07 Å². The summed E-state index contributed by atoms with van der Waals surface area (Å²) in [5.41, 5.74) is 8.26. The van der Waals surface area contributed by atoms with Crippen molar-refractivity contribution in [2.24, 2.45) is 0 Å². The number of amides is 1. The third kappa shape index (κ3) is 4.72. The van der Waals surface area contributed by atoms with E-state index in [9.17, 15) is 4.79 Å². The van der Waals surface area contributed by atoms with E-state index in [1.54, 1.807) is 0 Å². The van der Waals surface area contributed by atoms with E-state index in [4.69, 9.17) is 10.5 Å². The largest absolute Gasteiger partial charge is 0.398 e. The maximum Gasteiger partial charge on any atom is 0.225 e. The number of nitrogens with two attached hydrogens (primary N) is 1. The number of hydrogen-bond acceptors (Lipinski definition) is 4. The number of carbonyl (C=O) groups excluding carboxylic acids is 1. The average molecular weight is 291 g/mol. The lowest BCUT2D eigenvalue weighted by Crippen LogP contribution is -2.33. The monoisotopic (exact) mass is 291 g/mol. The van der Waals surface area contributed by atoms with Crippen molar-refractivity contribution in [3.63, 3.8) is 0 Å². The molecular formula is C16H25N3O2. The van der Waals surface area contributed by atoms with Crippen LogP contribution in [0.15, 0.2) is 18.2 Å². The number of carbonyl (C=O) groups is 1. The molecule has 0 aliphatic carbocycles. The van der Waals surface area contributed by atoms with Crippen molar-refractivity contribution in [2.75, 3.05) is 37.3 Å². The number of nitrogens with one attached hydrogen (secondary N) is 1. The molecule has 1 aromatic carbocycles. The van der Waals surface area contributed by atoms with Crippen LogP contribution in [0.1, 0.15) is 25.3 Å². The minimum Gasteiger partial charge on any atom is -0.398 e. The Morgan fingerprint density at radius 2 is 2.33 bits per heavy atom. The van der Waals surface area contributed by atoms with Crippen LogP contribution in [-0.4, -0.2) is 43.2 Å². The smallest absolute Gasteiger partial charge is 0.225 e. The van der Waals surface area contributed by atoms with Gasteiger partial charge in [-0.2, -0.15) is 0 Å². The molecule has 1 amide bonds. The molecule has 1 aliphatic rings. The third-order valence-corrected chi connectivity index (χ3v) is 3.84. The maximum absolute atomic E-state index is 12.1. The molecule has 1 aromatic rings. The van der Waals surface area contributed by atoms with Crippen molar-refractivity contribution < 1.29 is 9.53 Å². The lowest BCUT2D eigenvalue weighted by molar-refractivity contribution is -0.116. The molecule has 116 valence electrons. The Morgan fingerprint density at radius 3 is 3.14 bits per heavy atom. The zero-order valence-electron chi connectivity index (χ0n) is 12.9. The zero-order chi connectivity index (χ0) is 15.2. The van der Waals surface area contributed by atoms with Crippen LogP contribution in [0.25, 0.3) is 0 Å². The summed E-state index contributed by atoms with van der Waals surface area (Å²) in [5.74, 6) is 0.0292. The fourth-order valence-electron chi connectivity index (χ4n) is 2.54. The predicted molar refractivity (Wildman–Crippen MR) is 85.3 cm³/mol. The summed E-state index contributed by atoms with van der Waals surface area (Å²) in [4.78, 5) is 14.4. The number of rotatable bonds is 4. The Labute approximate surface area is 126 Å². The van der Waals surface area contributed by atoms with Crippen molar-refractivity contribution in [3.8, 4) is 0 Å². The van der Waals surface area contributed by atoms with Gasteiger partial charge in [0.25, 0.3) is 0 Å².